The third-order valence-electron chi connectivity index (χ3n) is 6.42. The molecular weight excluding hydrogens is 454 g/mol. The lowest BCUT2D eigenvalue weighted by Crippen LogP contribution is -2.30. The highest BCUT2D eigenvalue weighted by molar-refractivity contribution is 7.80. The molecule has 2 N–H and O–H groups in total. The van der Waals surface area contributed by atoms with Crippen LogP contribution in [0.5, 0.6) is 0 Å². The molecule has 2 aromatic heterocycles. The van der Waals surface area contributed by atoms with Crippen molar-refractivity contribution in [1.82, 2.24) is 14.9 Å². The van der Waals surface area contributed by atoms with E-state index in [1.54, 1.807) is 0 Å². The van der Waals surface area contributed by atoms with Crippen molar-refractivity contribution in [2.75, 3.05) is 10.2 Å². The Kier molecular flexibility index (Phi) is 6.09. The van der Waals surface area contributed by atoms with Crippen molar-refractivity contribution in [1.29, 1.82) is 0 Å². The topological polar surface area (TPSA) is 62.2 Å². The summed E-state index contributed by atoms with van der Waals surface area (Å²) in [6.45, 7) is 5.76. The molecule has 1 amide bonds. The van der Waals surface area contributed by atoms with Crippen LogP contribution < -0.4 is 15.5 Å². The molecule has 4 aromatic rings. The fourth-order valence-corrected chi connectivity index (χ4v) is 4.93. The first kappa shape index (κ1) is 22.8. The number of aryl methyl sites for hydroxylation is 2. The first-order chi connectivity index (χ1) is 16.9. The lowest BCUT2D eigenvalue weighted by atomic mass is 10.0. The van der Waals surface area contributed by atoms with E-state index in [2.05, 4.69) is 75.5 Å². The van der Waals surface area contributed by atoms with E-state index in [0.717, 1.165) is 28.5 Å². The number of benzene rings is 2. The number of thiocarbonyl (C=S) groups is 1. The molecule has 2 atom stereocenters. The van der Waals surface area contributed by atoms with Gasteiger partial charge in [0, 0.05) is 42.1 Å². The molecule has 1 aliphatic heterocycles. The Hall–Kier alpha value is -3.97. The monoisotopic (exact) mass is 481 g/mol. The number of amides is 1. The fourth-order valence-electron chi connectivity index (χ4n) is 4.59. The molecule has 1 aliphatic rings. The molecule has 0 aliphatic carbocycles. The molecule has 5 rings (SSSR count). The summed E-state index contributed by atoms with van der Waals surface area (Å²) in [5.74, 6) is -0.101. The molecule has 0 unspecified atom stereocenters. The zero-order valence-electron chi connectivity index (χ0n) is 19.9. The molecule has 0 saturated carbocycles. The standard InChI is InChI=1S/C28H27N5OS/c1-18-9-12-23(17-19(18)2)32-16-6-8-25(32)27-26(24-7-4-5-15-29-24)31-28(35)33(27)22-13-10-21(11-14-22)30-20(3)34/h4-17,26-27H,1-3H3,(H,30,34)(H,31,35)/t26-,27+/m0/s1. The predicted molar refractivity (Wildman–Crippen MR) is 144 cm³/mol. The van der Waals surface area contributed by atoms with Gasteiger partial charge in [-0.05, 0) is 97.9 Å². The largest absolute Gasteiger partial charge is 0.351 e. The van der Waals surface area contributed by atoms with Crippen LogP contribution in [0.4, 0.5) is 11.4 Å². The van der Waals surface area contributed by atoms with Crippen LogP contribution in [0.2, 0.25) is 0 Å². The van der Waals surface area contributed by atoms with Gasteiger partial charge in [-0.15, -0.1) is 0 Å². The van der Waals surface area contributed by atoms with Gasteiger partial charge in [0.1, 0.15) is 6.04 Å². The van der Waals surface area contributed by atoms with Crippen LogP contribution in [0.1, 0.15) is 41.5 Å². The van der Waals surface area contributed by atoms with E-state index in [0.29, 0.717) is 5.11 Å². The number of rotatable bonds is 5. The van der Waals surface area contributed by atoms with Crippen LogP contribution in [0.15, 0.2) is 85.2 Å². The van der Waals surface area contributed by atoms with Gasteiger partial charge in [-0.2, -0.15) is 0 Å². The van der Waals surface area contributed by atoms with Gasteiger partial charge >= 0.3 is 0 Å². The van der Waals surface area contributed by atoms with Crippen molar-refractivity contribution in [2.24, 2.45) is 0 Å². The summed E-state index contributed by atoms with van der Waals surface area (Å²) < 4.78 is 2.22. The van der Waals surface area contributed by atoms with Crippen LogP contribution in [0.3, 0.4) is 0 Å². The van der Waals surface area contributed by atoms with Gasteiger partial charge in [-0.3, -0.25) is 9.78 Å². The van der Waals surface area contributed by atoms with Crippen LogP contribution >= 0.6 is 12.2 Å². The molecule has 7 heteroatoms. The second-order valence-corrected chi connectivity index (χ2v) is 9.18. The van der Waals surface area contributed by atoms with E-state index in [1.165, 1.54) is 18.1 Å². The maximum Gasteiger partial charge on any atom is 0.221 e. The van der Waals surface area contributed by atoms with Crippen molar-refractivity contribution >= 4 is 34.6 Å². The highest BCUT2D eigenvalue weighted by Crippen LogP contribution is 2.42. The second-order valence-electron chi connectivity index (χ2n) is 8.80. The average molecular weight is 482 g/mol. The summed E-state index contributed by atoms with van der Waals surface area (Å²) in [7, 11) is 0. The van der Waals surface area contributed by atoms with Crippen LogP contribution in [-0.4, -0.2) is 20.6 Å². The van der Waals surface area contributed by atoms with Gasteiger partial charge in [0.15, 0.2) is 5.11 Å². The molecule has 35 heavy (non-hydrogen) atoms. The number of hydrogen-bond acceptors (Lipinski definition) is 3. The van der Waals surface area contributed by atoms with Gasteiger partial charge in [0.25, 0.3) is 0 Å². The minimum Gasteiger partial charge on any atom is -0.351 e. The molecule has 0 bridgehead atoms. The highest BCUT2D eigenvalue weighted by atomic mass is 32.1. The quantitative estimate of drug-likeness (QED) is 0.362. The summed E-state index contributed by atoms with van der Waals surface area (Å²) >= 11 is 5.86. The summed E-state index contributed by atoms with van der Waals surface area (Å²) in [5.41, 5.74) is 7.31. The Balaban J connectivity index is 1.62. The number of anilines is 2. The molecular formula is C28H27N5OS. The summed E-state index contributed by atoms with van der Waals surface area (Å²) in [4.78, 5) is 18.3. The number of nitrogens with one attached hydrogen (secondary N) is 2. The lowest BCUT2D eigenvalue weighted by Gasteiger charge is -2.29. The van der Waals surface area contributed by atoms with Gasteiger partial charge in [0.05, 0.1) is 11.7 Å². The van der Waals surface area contributed by atoms with Crippen LogP contribution in [0.25, 0.3) is 5.69 Å². The highest BCUT2D eigenvalue weighted by Gasteiger charge is 2.42. The van der Waals surface area contributed by atoms with Crippen molar-refractivity contribution in [2.45, 2.75) is 32.9 Å². The number of pyridine rings is 1. The number of aromatic nitrogens is 2. The third-order valence-corrected chi connectivity index (χ3v) is 6.73. The SMILES string of the molecule is CC(=O)Nc1ccc(N2C(=S)N[C@@H](c3ccccn3)[C@H]2c2cccn2-c2ccc(C)c(C)c2)cc1. The van der Waals surface area contributed by atoms with Crippen LogP contribution in [0, 0.1) is 13.8 Å². The van der Waals surface area contributed by atoms with Crippen molar-refractivity contribution in [3.8, 4) is 5.69 Å². The minimum atomic E-state index is -0.140. The Morgan fingerprint density at radius 2 is 1.74 bits per heavy atom. The first-order valence-electron chi connectivity index (χ1n) is 11.6. The Morgan fingerprint density at radius 3 is 2.43 bits per heavy atom. The second kappa shape index (κ2) is 9.35. The predicted octanol–water partition coefficient (Wildman–Crippen LogP) is 5.62. The number of carbonyl (C=O) groups is 1. The maximum atomic E-state index is 11.5. The minimum absolute atomic E-state index is 0.101. The number of hydrogen-bond donors (Lipinski definition) is 2. The smallest absolute Gasteiger partial charge is 0.221 e. The van der Waals surface area contributed by atoms with Gasteiger partial charge in [-0.1, -0.05) is 12.1 Å². The van der Waals surface area contributed by atoms with E-state index in [9.17, 15) is 4.79 Å². The van der Waals surface area contributed by atoms with Crippen molar-refractivity contribution in [3.63, 3.8) is 0 Å². The molecule has 0 spiro atoms. The van der Waals surface area contributed by atoms with E-state index in [-0.39, 0.29) is 18.0 Å². The molecule has 2 aromatic carbocycles. The van der Waals surface area contributed by atoms with E-state index in [1.807, 2.05) is 48.7 Å². The molecule has 176 valence electrons. The van der Waals surface area contributed by atoms with Gasteiger partial charge < -0.3 is 20.1 Å². The van der Waals surface area contributed by atoms with E-state index >= 15 is 0 Å². The summed E-state index contributed by atoms with van der Waals surface area (Å²) in [6.07, 6.45) is 3.90. The number of nitrogens with zero attached hydrogens (tertiary/aromatic N) is 3. The summed E-state index contributed by atoms with van der Waals surface area (Å²) in [6, 6.07) is 24.1. The Morgan fingerprint density at radius 1 is 0.971 bits per heavy atom. The van der Waals surface area contributed by atoms with E-state index < -0.39 is 0 Å². The average Bonchev–Trinajstić information content (AvgIpc) is 3.46. The summed E-state index contributed by atoms with van der Waals surface area (Å²) in [5, 5.41) is 6.97. The van der Waals surface area contributed by atoms with Crippen molar-refractivity contribution in [3.05, 3.63) is 108 Å². The number of carbonyl (C=O) groups excluding carboxylic acids is 1. The molecule has 1 fully saturated rings. The van der Waals surface area contributed by atoms with Crippen LogP contribution in [-0.2, 0) is 4.79 Å². The molecule has 0 radical (unpaired) electrons. The van der Waals surface area contributed by atoms with Gasteiger partial charge in [-0.25, -0.2) is 0 Å². The normalized spacial score (nSPS) is 17.3. The zero-order valence-corrected chi connectivity index (χ0v) is 20.7. The Bertz CT molecular complexity index is 1380. The fraction of sp³-hybridized carbons (Fsp3) is 0.179. The molecule has 1 saturated heterocycles. The lowest BCUT2D eigenvalue weighted by molar-refractivity contribution is -0.114. The maximum absolute atomic E-state index is 11.5. The first-order valence-corrected chi connectivity index (χ1v) is 12.0. The zero-order chi connectivity index (χ0) is 24.5. The molecule has 3 heterocycles. The Labute approximate surface area is 210 Å². The molecule has 6 nitrogen and oxygen atoms in total. The van der Waals surface area contributed by atoms with Crippen molar-refractivity contribution < 1.29 is 4.79 Å². The van der Waals surface area contributed by atoms with Gasteiger partial charge in [0.2, 0.25) is 5.91 Å². The third kappa shape index (κ3) is 4.42. The van der Waals surface area contributed by atoms with E-state index in [4.69, 9.17) is 12.2 Å².